The van der Waals surface area contributed by atoms with Gasteiger partial charge in [-0.05, 0) is 50.2 Å². The van der Waals surface area contributed by atoms with Crippen LogP contribution in [0.15, 0.2) is 36.5 Å². The highest BCUT2D eigenvalue weighted by atomic mass is 16.5. The zero-order chi connectivity index (χ0) is 17.9. The molecule has 0 aliphatic carbocycles. The summed E-state index contributed by atoms with van der Waals surface area (Å²) >= 11 is 0. The summed E-state index contributed by atoms with van der Waals surface area (Å²) in [5.41, 5.74) is 1.12. The van der Waals surface area contributed by atoms with E-state index in [1.54, 1.807) is 0 Å². The van der Waals surface area contributed by atoms with Crippen LogP contribution in [0.5, 0.6) is 0 Å². The van der Waals surface area contributed by atoms with Crippen molar-refractivity contribution in [2.45, 2.75) is 44.3 Å². The Balaban J connectivity index is 1.31. The van der Waals surface area contributed by atoms with Gasteiger partial charge in [-0.1, -0.05) is 24.3 Å². The van der Waals surface area contributed by atoms with E-state index in [9.17, 15) is 4.79 Å². The molecule has 2 fully saturated rings. The molecule has 2 aliphatic heterocycles. The minimum absolute atomic E-state index is 0.166. The predicted molar refractivity (Wildman–Crippen MR) is 100 cm³/mol. The van der Waals surface area contributed by atoms with Crippen LogP contribution < -0.4 is 0 Å². The second-order valence-corrected chi connectivity index (χ2v) is 7.55. The Morgan fingerprint density at radius 2 is 1.88 bits per heavy atom. The fraction of sp³-hybridized carbons (Fsp3) is 0.524. The van der Waals surface area contributed by atoms with Crippen LogP contribution in [-0.4, -0.2) is 52.8 Å². The van der Waals surface area contributed by atoms with Crippen LogP contribution in [0.3, 0.4) is 0 Å². The Morgan fingerprint density at radius 1 is 1.12 bits per heavy atom. The second kappa shape index (κ2) is 7.72. The largest absolute Gasteiger partial charge is 0.481 e. The molecule has 2 atom stereocenters. The molecule has 5 heteroatoms. The fourth-order valence-electron chi connectivity index (χ4n) is 4.28. The van der Waals surface area contributed by atoms with E-state index in [0.29, 0.717) is 0 Å². The normalized spacial score (nSPS) is 24.9. The molecule has 1 aromatic heterocycles. The van der Waals surface area contributed by atoms with Crippen molar-refractivity contribution >= 4 is 16.7 Å². The number of piperidine rings is 1. The third kappa shape index (κ3) is 3.89. The topological polar surface area (TPSA) is 62.7 Å². The average molecular weight is 354 g/mol. The van der Waals surface area contributed by atoms with Gasteiger partial charge in [-0.15, -0.1) is 0 Å². The summed E-state index contributed by atoms with van der Waals surface area (Å²) in [5.74, 6) is -0.814. The zero-order valence-corrected chi connectivity index (χ0v) is 15.0. The lowest BCUT2D eigenvalue weighted by Crippen LogP contribution is -2.40. The molecule has 26 heavy (non-hydrogen) atoms. The van der Waals surface area contributed by atoms with E-state index in [1.807, 2.05) is 6.20 Å². The lowest BCUT2D eigenvalue weighted by atomic mass is 9.97. The molecule has 3 heterocycles. The Bertz CT molecular complexity index is 765. The third-order valence-electron chi connectivity index (χ3n) is 5.77. The first kappa shape index (κ1) is 17.4. The van der Waals surface area contributed by atoms with Crippen LogP contribution in [0.1, 0.15) is 31.4 Å². The van der Waals surface area contributed by atoms with E-state index in [1.165, 1.54) is 10.8 Å². The van der Waals surface area contributed by atoms with Crippen molar-refractivity contribution in [2.24, 2.45) is 5.92 Å². The number of rotatable bonds is 5. The van der Waals surface area contributed by atoms with Gasteiger partial charge in [-0.25, -0.2) is 0 Å². The smallest absolute Gasteiger partial charge is 0.306 e. The van der Waals surface area contributed by atoms with E-state index in [0.717, 1.165) is 57.4 Å². The standard InChI is InChI=1S/C21H26N2O3/c24-21(25)16-8-11-23(12-9-16)14-18-6-5-17(26-18)13-20-19-4-2-1-3-15(19)7-10-22-20/h1-4,7,10,16-18H,5-6,8-9,11-14H2,(H,24,25)/t17-,18+/m0/s1. The maximum absolute atomic E-state index is 11.1. The fourth-order valence-corrected chi connectivity index (χ4v) is 4.28. The maximum atomic E-state index is 11.1. The first-order chi connectivity index (χ1) is 12.7. The van der Waals surface area contributed by atoms with E-state index < -0.39 is 5.97 Å². The van der Waals surface area contributed by atoms with E-state index in [2.05, 4.69) is 40.2 Å². The summed E-state index contributed by atoms with van der Waals surface area (Å²) < 4.78 is 6.29. The molecule has 2 aromatic rings. The number of carboxylic acids is 1. The molecule has 1 N–H and O–H groups in total. The molecule has 0 radical (unpaired) electrons. The first-order valence-electron chi connectivity index (χ1n) is 9.62. The van der Waals surface area contributed by atoms with Crippen LogP contribution in [0.2, 0.25) is 0 Å². The molecule has 1 aromatic carbocycles. The number of carbonyl (C=O) groups is 1. The molecule has 138 valence electrons. The van der Waals surface area contributed by atoms with E-state index in [4.69, 9.17) is 9.84 Å². The number of fused-ring (bicyclic) bond motifs is 1. The molecule has 5 nitrogen and oxygen atoms in total. The molecular formula is C21H26N2O3. The SMILES string of the molecule is O=C(O)C1CCN(C[C@H]2CC[C@@H](Cc3nccc4ccccc34)O2)CC1. The highest BCUT2D eigenvalue weighted by Crippen LogP contribution is 2.27. The molecule has 2 saturated heterocycles. The third-order valence-corrected chi connectivity index (χ3v) is 5.77. The van der Waals surface area contributed by atoms with Crippen molar-refractivity contribution < 1.29 is 14.6 Å². The van der Waals surface area contributed by atoms with Crippen molar-refractivity contribution in [1.82, 2.24) is 9.88 Å². The number of hydrogen-bond acceptors (Lipinski definition) is 4. The Labute approximate surface area is 154 Å². The van der Waals surface area contributed by atoms with Gasteiger partial charge in [-0.2, -0.15) is 0 Å². The molecule has 2 aliphatic rings. The number of aromatic nitrogens is 1. The van der Waals surface area contributed by atoms with Crippen molar-refractivity contribution in [3.8, 4) is 0 Å². The summed E-state index contributed by atoms with van der Waals surface area (Å²) in [7, 11) is 0. The first-order valence-corrected chi connectivity index (χ1v) is 9.62. The number of carboxylic acid groups (broad SMARTS) is 1. The molecule has 0 unspecified atom stereocenters. The van der Waals surface area contributed by atoms with Crippen molar-refractivity contribution in [1.29, 1.82) is 0 Å². The minimum Gasteiger partial charge on any atom is -0.481 e. The van der Waals surface area contributed by atoms with Crippen molar-refractivity contribution in [3.63, 3.8) is 0 Å². The minimum atomic E-state index is -0.649. The molecule has 0 saturated carbocycles. The zero-order valence-electron chi connectivity index (χ0n) is 15.0. The molecule has 0 bridgehead atoms. The Hall–Kier alpha value is -1.98. The summed E-state index contributed by atoms with van der Waals surface area (Å²) in [5, 5.41) is 11.6. The lowest BCUT2D eigenvalue weighted by Gasteiger charge is -2.31. The van der Waals surface area contributed by atoms with Gasteiger partial charge in [0.2, 0.25) is 0 Å². The number of pyridine rings is 1. The van der Waals surface area contributed by atoms with Gasteiger partial charge >= 0.3 is 5.97 Å². The van der Waals surface area contributed by atoms with E-state index in [-0.39, 0.29) is 18.1 Å². The molecular weight excluding hydrogens is 328 g/mol. The summed E-state index contributed by atoms with van der Waals surface area (Å²) in [4.78, 5) is 18.0. The number of ether oxygens (including phenoxy) is 1. The Morgan fingerprint density at radius 3 is 2.69 bits per heavy atom. The van der Waals surface area contributed by atoms with Gasteiger partial charge in [0, 0.05) is 24.5 Å². The van der Waals surface area contributed by atoms with Crippen molar-refractivity contribution in [3.05, 3.63) is 42.2 Å². The molecule has 0 amide bonds. The predicted octanol–water partition coefficient (Wildman–Crippen LogP) is 3.12. The van der Waals surface area contributed by atoms with Gasteiger partial charge < -0.3 is 14.7 Å². The van der Waals surface area contributed by atoms with Crippen LogP contribution in [0, 0.1) is 5.92 Å². The average Bonchev–Trinajstić information content (AvgIpc) is 3.09. The van der Waals surface area contributed by atoms with Gasteiger partial charge in [-0.3, -0.25) is 9.78 Å². The van der Waals surface area contributed by atoms with Crippen LogP contribution >= 0.6 is 0 Å². The van der Waals surface area contributed by atoms with Gasteiger partial charge in [0.1, 0.15) is 0 Å². The lowest BCUT2D eigenvalue weighted by molar-refractivity contribution is -0.143. The molecule has 4 rings (SSSR count). The van der Waals surface area contributed by atoms with Gasteiger partial charge in [0.05, 0.1) is 23.8 Å². The second-order valence-electron chi connectivity index (χ2n) is 7.55. The van der Waals surface area contributed by atoms with E-state index >= 15 is 0 Å². The molecule has 0 spiro atoms. The van der Waals surface area contributed by atoms with Gasteiger partial charge in [0.25, 0.3) is 0 Å². The van der Waals surface area contributed by atoms with Gasteiger partial charge in [0.15, 0.2) is 0 Å². The van der Waals surface area contributed by atoms with Crippen molar-refractivity contribution in [2.75, 3.05) is 19.6 Å². The Kier molecular flexibility index (Phi) is 5.18. The van der Waals surface area contributed by atoms with Crippen LogP contribution in [0.4, 0.5) is 0 Å². The quantitative estimate of drug-likeness (QED) is 0.894. The summed E-state index contributed by atoms with van der Waals surface area (Å²) in [6, 6.07) is 10.4. The van der Waals surface area contributed by atoms with Crippen LogP contribution in [0.25, 0.3) is 10.8 Å². The number of nitrogens with zero attached hydrogens (tertiary/aromatic N) is 2. The number of aliphatic carboxylic acids is 1. The number of likely N-dealkylation sites (tertiary alicyclic amines) is 1. The monoisotopic (exact) mass is 354 g/mol. The maximum Gasteiger partial charge on any atom is 0.306 e. The highest BCUT2D eigenvalue weighted by Gasteiger charge is 2.30. The highest BCUT2D eigenvalue weighted by molar-refractivity contribution is 5.84. The summed E-state index contributed by atoms with van der Waals surface area (Å²) in [6.07, 6.45) is 6.90. The number of benzene rings is 1. The summed E-state index contributed by atoms with van der Waals surface area (Å²) in [6.45, 7) is 2.66. The van der Waals surface area contributed by atoms with Crippen LogP contribution in [-0.2, 0) is 16.0 Å². The number of hydrogen-bond donors (Lipinski definition) is 1.